The predicted molar refractivity (Wildman–Crippen MR) is 90.1 cm³/mol. The van der Waals surface area contributed by atoms with E-state index in [1.807, 2.05) is 0 Å². The van der Waals surface area contributed by atoms with E-state index in [1.54, 1.807) is 0 Å². The SMILES string of the molecule is O=C(CCC1CCCCC1)NCCc1nnc2n1CCCCC2. The van der Waals surface area contributed by atoms with Gasteiger partial charge in [-0.2, -0.15) is 0 Å². The fourth-order valence-electron chi connectivity index (χ4n) is 3.94. The molecule has 5 nitrogen and oxygen atoms in total. The van der Waals surface area contributed by atoms with Gasteiger partial charge >= 0.3 is 0 Å². The van der Waals surface area contributed by atoms with E-state index in [4.69, 9.17) is 0 Å². The minimum atomic E-state index is 0.200. The van der Waals surface area contributed by atoms with Crippen molar-refractivity contribution in [3.63, 3.8) is 0 Å². The van der Waals surface area contributed by atoms with Crippen molar-refractivity contribution in [2.45, 2.75) is 83.6 Å². The average molecular weight is 318 g/mol. The highest BCUT2D eigenvalue weighted by Gasteiger charge is 2.16. The molecule has 1 aromatic heterocycles. The van der Waals surface area contributed by atoms with E-state index in [0.29, 0.717) is 13.0 Å². The maximum absolute atomic E-state index is 12.0. The second-order valence-corrected chi connectivity index (χ2v) is 7.14. The molecule has 23 heavy (non-hydrogen) atoms. The quantitative estimate of drug-likeness (QED) is 0.877. The zero-order chi connectivity index (χ0) is 15.9. The van der Waals surface area contributed by atoms with Gasteiger partial charge in [0.1, 0.15) is 11.6 Å². The Bertz CT molecular complexity index is 505. The smallest absolute Gasteiger partial charge is 0.220 e. The molecule has 2 heterocycles. The fraction of sp³-hybridized carbons (Fsp3) is 0.833. The van der Waals surface area contributed by atoms with Gasteiger partial charge in [-0.15, -0.1) is 10.2 Å². The van der Waals surface area contributed by atoms with E-state index in [2.05, 4.69) is 20.1 Å². The molecule has 0 atom stereocenters. The number of carbonyl (C=O) groups is 1. The van der Waals surface area contributed by atoms with Crippen LogP contribution < -0.4 is 5.32 Å². The molecule has 1 aliphatic heterocycles. The zero-order valence-corrected chi connectivity index (χ0v) is 14.2. The largest absolute Gasteiger partial charge is 0.356 e. The van der Waals surface area contributed by atoms with E-state index in [1.165, 1.54) is 51.4 Å². The monoisotopic (exact) mass is 318 g/mol. The normalized spacial score (nSPS) is 19.1. The number of aryl methyl sites for hydroxylation is 1. The molecular formula is C18H30N4O. The lowest BCUT2D eigenvalue weighted by Crippen LogP contribution is -2.27. The zero-order valence-electron chi connectivity index (χ0n) is 14.2. The Morgan fingerprint density at radius 2 is 1.91 bits per heavy atom. The van der Waals surface area contributed by atoms with Crippen LogP contribution in [0.25, 0.3) is 0 Å². The molecule has 0 unspecified atom stereocenters. The molecule has 0 radical (unpaired) electrons. The third-order valence-electron chi connectivity index (χ3n) is 5.36. The van der Waals surface area contributed by atoms with Crippen molar-refractivity contribution >= 4 is 5.91 Å². The molecule has 3 rings (SSSR count). The summed E-state index contributed by atoms with van der Waals surface area (Å²) in [6, 6.07) is 0. The molecule has 1 aromatic rings. The Hall–Kier alpha value is -1.39. The number of carbonyl (C=O) groups excluding carboxylic acids is 1. The summed E-state index contributed by atoms with van der Waals surface area (Å²) < 4.78 is 2.27. The molecule has 1 saturated carbocycles. The Kier molecular flexibility index (Phi) is 6.06. The number of rotatable bonds is 6. The van der Waals surface area contributed by atoms with Crippen LogP contribution in [0, 0.1) is 5.92 Å². The summed E-state index contributed by atoms with van der Waals surface area (Å²) in [4.78, 5) is 12.0. The van der Waals surface area contributed by atoms with Crippen molar-refractivity contribution in [3.05, 3.63) is 11.6 Å². The Balaban J connectivity index is 1.37. The van der Waals surface area contributed by atoms with Crippen molar-refractivity contribution in [2.75, 3.05) is 6.54 Å². The van der Waals surface area contributed by atoms with E-state index in [9.17, 15) is 4.79 Å². The van der Waals surface area contributed by atoms with Gasteiger partial charge in [0.05, 0.1) is 0 Å². The predicted octanol–water partition coefficient (Wildman–Crippen LogP) is 3.02. The molecule has 0 spiro atoms. The number of nitrogens with one attached hydrogen (secondary N) is 1. The number of hydrogen-bond acceptors (Lipinski definition) is 3. The molecule has 0 bridgehead atoms. The lowest BCUT2D eigenvalue weighted by Gasteiger charge is -2.20. The van der Waals surface area contributed by atoms with Crippen LogP contribution >= 0.6 is 0 Å². The Morgan fingerprint density at radius 1 is 1.09 bits per heavy atom. The van der Waals surface area contributed by atoms with Crippen molar-refractivity contribution in [1.29, 1.82) is 0 Å². The van der Waals surface area contributed by atoms with Crippen LogP contribution in [0.5, 0.6) is 0 Å². The molecule has 1 amide bonds. The van der Waals surface area contributed by atoms with E-state index in [-0.39, 0.29) is 5.91 Å². The van der Waals surface area contributed by atoms with Crippen molar-refractivity contribution in [1.82, 2.24) is 20.1 Å². The first-order valence-corrected chi connectivity index (χ1v) is 9.50. The molecular weight excluding hydrogens is 288 g/mol. The van der Waals surface area contributed by atoms with Gasteiger partial charge in [-0.1, -0.05) is 38.5 Å². The third-order valence-corrected chi connectivity index (χ3v) is 5.36. The highest BCUT2D eigenvalue weighted by molar-refractivity contribution is 5.75. The number of amides is 1. The van der Waals surface area contributed by atoms with Crippen LogP contribution in [-0.4, -0.2) is 27.2 Å². The first-order valence-electron chi connectivity index (χ1n) is 9.50. The van der Waals surface area contributed by atoms with Gasteiger partial charge in [-0.05, 0) is 25.2 Å². The molecule has 2 aliphatic rings. The first kappa shape index (κ1) is 16.5. The van der Waals surface area contributed by atoms with Gasteiger partial charge in [0.2, 0.25) is 5.91 Å². The maximum atomic E-state index is 12.0. The summed E-state index contributed by atoms with van der Waals surface area (Å²) >= 11 is 0. The topological polar surface area (TPSA) is 59.8 Å². The van der Waals surface area contributed by atoms with Crippen LogP contribution in [0.3, 0.4) is 0 Å². The standard InChI is InChI=1S/C18H30N4O/c23-18(11-10-15-7-3-1-4-8-15)19-13-12-17-21-20-16-9-5-2-6-14-22(16)17/h15H,1-14H2,(H,19,23). The minimum absolute atomic E-state index is 0.200. The highest BCUT2D eigenvalue weighted by Crippen LogP contribution is 2.27. The lowest BCUT2D eigenvalue weighted by molar-refractivity contribution is -0.121. The average Bonchev–Trinajstić information content (AvgIpc) is 2.81. The first-order chi connectivity index (χ1) is 11.3. The van der Waals surface area contributed by atoms with Crippen LogP contribution in [-0.2, 0) is 24.2 Å². The lowest BCUT2D eigenvalue weighted by atomic mass is 9.86. The van der Waals surface area contributed by atoms with Crippen molar-refractivity contribution < 1.29 is 4.79 Å². The Labute approximate surface area is 139 Å². The van der Waals surface area contributed by atoms with Crippen LogP contribution in [0.2, 0.25) is 0 Å². The van der Waals surface area contributed by atoms with Gasteiger partial charge in [0.15, 0.2) is 0 Å². The second-order valence-electron chi connectivity index (χ2n) is 7.14. The summed E-state index contributed by atoms with van der Waals surface area (Å²) in [6.07, 6.45) is 14.0. The van der Waals surface area contributed by atoms with Gasteiger partial charge in [-0.3, -0.25) is 4.79 Å². The molecule has 1 N–H and O–H groups in total. The van der Waals surface area contributed by atoms with Gasteiger partial charge in [0, 0.05) is 32.4 Å². The number of fused-ring (bicyclic) bond motifs is 1. The second kappa shape index (κ2) is 8.46. The van der Waals surface area contributed by atoms with E-state index in [0.717, 1.165) is 43.4 Å². The molecule has 5 heteroatoms. The molecule has 0 aromatic carbocycles. The minimum Gasteiger partial charge on any atom is -0.356 e. The summed E-state index contributed by atoms with van der Waals surface area (Å²) in [5.41, 5.74) is 0. The summed E-state index contributed by atoms with van der Waals surface area (Å²) in [6.45, 7) is 1.72. The van der Waals surface area contributed by atoms with Gasteiger partial charge in [0.25, 0.3) is 0 Å². The Morgan fingerprint density at radius 3 is 2.78 bits per heavy atom. The van der Waals surface area contributed by atoms with Crippen molar-refractivity contribution in [2.24, 2.45) is 5.92 Å². The van der Waals surface area contributed by atoms with Crippen LogP contribution in [0.4, 0.5) is 0 Å². The molecule has 1 aliphatic carbocycles. The van der Waals surface area contributed by atoms with E-state index < -0.39 is 0 Å². The third kappa shape index (κ3) is 4.79. The van der Waals surface area contributed by atoms with Crippen molar-refractivity contribution in [3.8, 4) is 0 Å². The van der Waals surface area contributed by atoms with Gasteiger partial charge in [-0.25, -0.2) is 0 Å². The van der Waals surface area contributed by atoms with Crippen LogP contribution in [0.15, 0.2) is 0 Å². The molecule has 0 saturated heterocycles. The molecule has 128 valence electrons. The fourth-order valence-corrected chi connectivity index (χ4v) is 3.94. The number of aromatic nitrogens is 3. The van der Waals surface area contributed by atoms with Gasteiger partial charge < -0.3 is 9.88 Å². The summed E-state index contributed by atoms with van der Waals surface area (Å²) in [5, 5.41) is 11.7. The highest BCUT2D eigenvalue weighted by atomic mass is 16.1. The summed E-state index contributed by atoms with van der Waals surface area (Å²) in [7, 11) is 0. The number of nitrogens with zero attached hydrogens (tertiary/aromatic N) is 3. The van der Waals surface area contributed by atoms with E-state index >= 15 is 0 Å². The van der Waals surface area contributed by atoms with Crippen LogP contribution in [0.1, 0.15) is 75.9 Å². The summed E-state index contributed by atoms with van der Waals surface area (Å²) in [5.74, 6) is 3.14. The maximum Gasteiger partial charge on any atom is 0.220 e. The number of hydrogen-bond donors (Lipinski definition) is 1. The molecule has 1 fully saturated rings.